The van der Waals surface area contributed by atoms with E-state index in [1.807, 2.05) is 6.92 Å². The van der Waals surface area contributed by atoms with Gasteiger partial charge in [0.2, 0.25) is 0 Å². The van der Waals surface area contributed by atoms with E-state index in [1.165, 1.54) is 11.1 Å². The predicted molar refractivity (Wildman–Crippen MR) is 105 cm³/mol. The minimum absolute atomic E-state index is 0. The van der Waals surface area contributed by atoms with E-state index in [0.29, 0.717) is 0 Å². The average Bonchev–Trinajstić information content (AvgIpc) is 2.47. The van der Waals surface area contributed by atoms with Crippen LogP contribution in [0.2, 0.25) is 0 Å². The van der Waals surface area contributed by atoms with Gasteiger partial charge in [-0.05, 0) is 39.2 Å². The Bertz CT molecular complexity index is 424. The number of guanidine groups is 1. The number of nitrogens with zero attached hydrogens (tertiary/aromatic N) is 1. The van der Waals surface area contributed by atoms with E-state index < -0.39 is 0 Å². The monoisotopic (exact) mass is 419 g/mol. The van der Waals surface area contributed by atoms with Crippen molar-refractivity contribution in [1.82, 2.24) is 10.6 Å². The average molecular weight is 419 g/mol. The molecule has 126 valence electrons. The molecule has 4 nitrogen and oxygen atoms in total. The Hall–Kier alpha value is -0.820. The molecule has 1 aromatic rings. The lowest BCUT2D eigenvalue weighted by molar-refractivity contribution is 0.146. The third-order valence-corrected chi connectivity index (χ3v) is 3.05. The van der Waals surface area contributed by atoms with Gasteiger partial charge < -0.3 is 15.4 Å². The number of aryl methyl sites for hydroxylation is 1. The van der Waals surface area contributed by atoms with Gasteiger partial charge in [-0.3, -0.25) is 4.99 Å². The summed E-state index contributed by atoms with van der Waals surface area (Å²) in [6, 6.07) is 8.63. The first-order valence-corrected chi connectivity index (χ1v) is 7.91. The molecular formula is C17H30IN3O. The zero-order valence-corrected chi connectivity index (χ0v) is 16.4. The van der Waals surface area contributed by atoms with Crippen LogP contribution in [-0.4, -0.2) is 38.8 Å². The first-order valence-electron chi connectivity index (χ1n) is 7.91. The van der Waals surface area contributed by atoms with Crippen LogP contribution >= 0.6 is 24.0 Å². The molecule has 0 radical (unpaired) electrons. The van der Waals surface area contributed by atoms with Crippen molar-refractivity contribution in [3.8, 4) is 0 Å². The summed E-state index contributed by atoms with van der Waals surface area (Å²) in [5.41, 5.74) is 2.67. The van der Waals surface area contributed by atoms with Gasteiger partial charge in [0.25, 0.3) is 0 Å². The van der Waals surface area contributed by atoms with Crippen molar-refractivity contribution in [1.29, 1.82) is 0 Å². The van der Waals surface area contributed by atoms with Crippen LogP contribution in [-0.2, 0) is 11.2 Å². The van der Waals surface area contributed by atoms with E-state index in [4.69, 9.17) is 4.74 Å². The van der Waals surface area contributed by atoms with Crippen molar-refractivity contribution in [2.24, 2.45) is 4.99 Å². The van der Waals surface area contributed by atoms with Crippen LogP contribution < -0.4 is 10.6 Å². The number of rotatable bonds is 9. The molecule has 0 aliphatic carbocycles. The number of ether oxygens (including phenoxy) is 1. The first kappa shape index (κ1) is 21.2. The molecule has 22 heavy (non-hydrogen) atoms. The summed E-state index contributed by atoms with van der Waals surface area (Å²) in [4.78, 5) is 4.55. The summed E-state index contributed by atoms with van der Waals surface area (Å²) in [5, 5.41) is 6.65. The van der Waals surface area contributed by atoms with E-state index in [2.05, 4.69) is 53.7 Å². The number of hydrogen-bond donors (Lipinski definition) is 2. The molecule has 0 atom stereocenters. The fourth-order valence-corrected chi connectivity index (χ4v) is 2.04. The van der Waals surface area contributed by atoms with Crippen molar-refractivity contribution in [2.75, 3.05) is 32.8 Å². The molecule has 5 heteroatoms. The zero-order valence-electron chi connectivity index (χ0n) is 14.0. The van der Waals surface area contributed by atoms with Gasteiger partial charge in [0.05, 0.1) is 0 Å². The number of aliphatic imine (C=N–C) groups is 1. The van der Waals surface area contributed by atoms with Crippen molar-refractivity contribution in [3.05, 3.63) is 35.4 Å². The highest BCUT2D eigenvalue weighted by Gasteiger charge is 1.98. The van der Waals surface area contributed by atoms with Gasteiger partial charge in [0, 0.05) is 32.8 Å². The summed E-state index contributed by atoms with van der Waals surface area (Å²) >= 11 is 0. The Morgan fingerprint density at radius 2 is 2.05 bits per heavy atom. The normalized spacial score (nSPS) is 11.0. The summed E-state index contributed by atoms with van der Waals surface area (Å²) < 4.78 is 5.32. The lowest BCUT2D eigenvalue weighted by Gasteiger charge is -2.11. The van der Waals surface area contributed by atoms with Crippen LogP contribution in [0.3, 0.4) is 0 Å². The molecule has 1 rings (SSSR count). The second-order valence-electron chi connectivity index (χ2n) is 4.98. The molecule has 1 aromatic carbocycles. The van der Waals surface area contributed by atoms with E-state index in [1.54, 1.807) is 0 Å². The standard InChI is InChI=1S/C17H29N3O.HI/c1-4-18-17(19-11-7-13-21-5-2)20-12-10-16-9-6-8-15(3)14-16;/h6,8-9,14H,4-5,7,10-13H2,1-3H3,(H2,18,19,20);1H. The van der Waals surface area contributed by atoms with Crippen LogP contribution in [0.25, 0.3) is 0 Å². The molecule has 0 bridgehead atoms. The summed E-state index contributed by atoms with van der Waals surface area (Å²) in [6.07, 6.45) is 1.97. The second kappa shape index (κ2) is 13.8. The first-order chi connectivity index (χ1) is 10.3. The maximum absolute atomic E-state index is 5.32. The molecule has 0 saturated heterocycles. The molecule has 0 unspecified atom stereocenters. The third kappa shape index (κ3) is 10.00. The number of hydrogen-bond acceptors (Lipinski definition) is 2. The maximum Gasteiger partial charge on any atom is 0.191 e. The van der Waals surface area contributed by atoms with Crippen LogP contribution in [0, 0.1) is 6.92 Å². The van der Waals surface area contributed by atoms with E-state index in [9.17, 15) is 0 Å². The van der Waals surface area contributed by atoms with Crippen LogP contribution in [0.15, 0.2) is 29.3 Å². The molecular weight excluding hydrogens is 389 g/mol. The van der Waals surface area contributed by atoms with Crippen molar-refractivity contribution >= 4 is 29.9 Å². The Balaban J connectivity index is 0.00000441. The van der Waals surface area contributed by atoms with Crippen molar-refractivity contribution in [2.45, 2.75) is 33.6 Å². The second-order valence-corrected chi connectivity index (χ2v) is 4.98. The Morgan fingerprint density at radius 1 is 1.23 bits per heavy atom. The molecule has 0 aliphatic heterocycles. The molecule has 0 aliphatic rings. The number of nitrogens with one attached hydrogen (secondary N) is 2. The molecule has 0 heterocycles. The van der Waals surface area contributed by atoms with Crippen LogP contribution in [0.1, 0.15) is 31.4 Å². The van der Waals surface area contributed by atoms with E-state index >= 15 is 0 Å². The van der Waals surface area contributed by atoms with E-state index in [-0.39, 0.29) is 24.0 Å². The molecule has 2 N–H and O–H groups in total. The van der Waals surface area contributed by atoms with Gasteiger partial charge in [-0.25, -0.2) is 0 Å². The van der Waals surface area contributed by atoms with Crippen molar-refractivity contribution in [3.63, 3.8) is 0 Å². The highest BCUT2D eigenvalue weighted by Crippen LogP contribution is 2.03. The SMILES string of the molecule is CCNC(=NCCCOCC)NCCc1cccc(C)c1.I. The lowest BCUT2D eigenvalue weighted by atomic mass is 10.1. The van der Waals surface area contributed by atoms with Gasteiger partial charge in [-0.1, -0.05) is 29.8 Å². The largest absolute Gasteiger partial charge is 0.382 e. The quantitative estimate of drug-likeness (QED) is 0.280. The van der Waals surface area contributed by atoms with Crippen molar-refractivity contribution < 1.29 is 4.74 Å². The molecule has 0 saturated carbocycles. The summed E-state index contributed by atoms with van der Waals surface area (Å²) in [5.74, 6) is 0.890. The van der Waals surface area contributed by atoms with E-state index in [0.717, 1.165) is 51.6 Å². The summed E-state index contributed by atoms with van der Waals surface area (Å²) in [7, 11) is 0. The maximum atomic E-state index is 5.32. The molecule has 0 spiro atoms. The highest BCUT2D eigenvalue weighted by atomic mass is 127. The smallest absolute Gasteiger partial charge is 0.191 e. The Morgan fingerprint density at radius 3 is 2.73 bits per heavy atom. The minimum Gasteiger partial charge on any atom is -0.382 e. The topological polar surface area (TPSA) is 45.7 Å². The van der Waals surface area contributed by atoms with Gasteiger partial charge in [0.1, 0.15) is 0 Å². The van der Waals surface area contributed by atoms with Gasteiger partial charge in [-0.15, -0.1) is 24.0 Å². The molecule has 0 aromatic heterocycles. The highest BCUT2D eigenvalue weighted by molar-refractivity contribution is 14.0. The zero-order chi connectivity index (χ0) is 15.3. The lowest BCUT2D eigenvalue weighted by Crippen LogP contribution is -2.38. The number of halogens is 1. The molecule has 0 amide bonds. The Kier molecular flexibility index (Phi) is 13.3. The predicted octanol–water partition coefficient (Wildman–Crippen LogP) is 3.14. The van der Waals surface area contributed by atoms with Crippen LogP contribution in [0.5, 0.6) is 0 Å². The summed E-state index contributed by atoms with van der Waals surface area (Å²) in [6.45, 7) is 10.3. The Labute approximate surface area is 152 Å². The fraction of sp³-hybridized carbons (Fsp3) is 0.588. The van der Waals surface area contributed by atoms with Crippen LogP contribution in [0.4, 0.5) is 0 Å². The fourth-order valence-electron chi connectivity index (χ4n) is 2.04. The van der Waals surface area contributed by atoms with Gasteiger partial charge in [-0.2, -0.15) is 0 Å². The molecule has 0 fully saturated rings. The third-order valence-electron chi connectivity index (χ3n) is 3.05. The van der Waals surface area contributed by atoms with Gasteiger partial charge >= 0.3 is 0 Å². The number of benzene rings is 1. The van der Waals surface area contributed by atoms with Gasteiger partial charge in [0.15, 0.2) is 5.96 Å². The minimum atomic E-state index is 0.